The van der Waals surface area contributed by atoms with Crippen LogP contribution in [0.25, 0.3) is 0 Å². The van der Waals surface area contributed by atoms with Gasteiger partial charge >= 0.3 is 0 Å². The van der Waals surface area contributed by atoms with E-state index in [2.05, 4.69) is 21.7 Å². The lowest BCUT2D eigenvalue weighted by Crippen LogP contribution is -2.58. The minimum Gasteiger partial charge on any atom is -0.376 e. The molecular weight excluding hydrogens is 288 g/mol. The highest BCUT2D eigenvalue weighted by Gasteiger charge is 2.40. The number of amides is 1. The molecule has 1 spiro atoms. The standard InChI is InChI=1S/C15H22N2O3S/c1-13(18)17-4-5-19-12-15(11-17)10-16(3-6-20-15)8-14-2-7-21-9-14/h2,7,9H,3-6,8,10-12H2,1H3. The van der Waals surface area contributed by atoms with Crippen LogP contribution in [-0.2, 0) is 20.8 Å². The van der Waals surface area contributed by atoms with Crippen LogP contribution in [0.5, 0.6) is 0 Å². The summed E-state index contributed by atoms with van der Waals surface area (Å²) in [6.07, 6.45) is 0. The smallest absolute Gasteiger partial charge is 0.219 e. The molecule has 0 N–H and O–H groups in total. The Hall–Kier alpha value is -0.950. The zero-order valence-electron chi connectivity index (χ0n) is 12.4. The van der Waals surface area contributed by atoms with Gasteiger partial charge in [0.05, 0.1) is 26.4 Å². The van der Waals surface area contributed by atoms with Gasteiger partial charge in [-0.1, -0.05) is 0 Å². The maximum atomic E-state index is 11.7. The van der Waals surface area contributed by atoms with Crippen molar-refractivity contribution < 1.29 is 14.3 Å². The van der Waals surface area contributed by atoms with E-state index < -0.39 is 0 Å². The van der Waals surface area contributed by atoms with E-state index in [0.717, 1.165) is 19.6 Å². The highest BCUT2D eigenvalue weighted by atomic mass is 32.1. The van der Waals surface area contributed by atoms with Crippen molar-refractivity contribution in [3.63, 3.8) is 0 Å². The first kappa shape index (κ1) is 15.0. The minimum atomic E-state index is -0.379. The molecule has 0 bridgehead atoms. The summed E-state index contributed by atoms with van der Waals surface area (Å²) >= 11 is 1.73. The molecule has 2 fully saturated rings. The molecule has 1 atom stereocenters. The summed E-state index contributed by atoms with van der Waals surface area (Å²) in [5.74, 6) is 0.0958. The Labute approximate surface area is 129 Å². The summed E-state index contributed by atoms with van der Waals surface area (Å²) in [5.41, 5.74) is 0.964. The summed E-state index contributed by atoms with van der Waals surface area (Å²) in [4.78, 5) is 16.0. The van der Waals surface area contributed by atoms with E-state index >= 15 is 0 Å². The van der Waals surface area contributed by atoms with Crippen LogP contribution in [-0.4, -0.2) is 67.3 Å². The molecular formula is C15H22N2O3S. The van der Waals surface area contributed by atoms with Crippen molar-refractivity contribution in [1.29, 1.82) is 0 Å². The molecule has 1 unspecified atom stereocenters. The van der Waals surface area contributed by atoms with Crippen molar-refractivity contribution in [3.05, 3.63) is 22.4 Å². The Morgan fingerprint density at radius 2 is 2.29 bits per heavy atom. The summed E-state index contributed by atoms with van der Waals surface area (Å²) in [7, 11) is 0. The molecule has 0 aliphatic carbocycles. The molecule has 1 amide bonds. The largest absolute Gasteiger partial charge is 0.376 e. The number of morpholine rings is 1. The van der Waals surface area contributed by atoms with E-state index in [4.69, 9.17) is 9.47 Å². The number of thiophene rings is 1. The molecule has 116 valence electrons. The molecule has 1 aromatic rings. The maximum Gasteiger partial charge on any atom is 0.219 e. The van der Waals surface area contributed by atoms with Crippen LogP contribution in [0.2, 0.25) is 0 Å². The zero-order chi connectivity index (χ0) is 14.7. The van der Waals surface area contributed by atoms with Crippen molar-refractivity contribution in [1.82, 2.24) is 9.80 Å². The minimum absolute atomic E-state index is 0.0958. The number of hydrogen-bond acceptors (Lipinski definition) is 5. The van der Waals surface area contributed by atoms with Crippen LogP contribution in [0, 0.1) is 0 Å². The Bertz CT molecular complexity index is 479. The molecule has 3 heterocycles. The van der Waals surface area contributed by atoms with E-state index in [1.807, 2.05) is 4.90 Å². The topological polar surface area (TPSA) is 42.0 Å². The third-order valence-corrected chi connectivity index (χ3v) is 4.84. The zero-order valence-corrected chi connectivity index (χ0v) is 13.2. The maximum absolute atomic E-state index is 11.7. The number of carbonyl (C=O) groups excluding carboxylic acids is 1. The average molecular weight is 310 g/mol. The second-order valence-corrected chi connectivity index (χ2v) is 6.65. The van der Waals surface area contributed by atoms with Crippen molar-refractivity contribution in [2.75, 3.05) is 46.0 Å². The Morgan fingerprint density at radius 1 is 1.38 bits per heavy atom. The van der Waals surface area contributed by atoms with Gasteiger partial charge in [-0.15, -0.1) is 0 Å². The fourth-order valence-electron chi connectivity index (χ4n) is 3.06. The van der Waals surface area contributed by atoms with Crippen molar-refractivity contribution in [2.24, 2.45) is 0 Å². The fraction of sp³-hybridized carbons (Fsp3) is 0.667. The number of hydrogen-bond donors (Lipinski definition) is 0. The van der Waals surface area contributed by atoms with Crippen molar-refractivity contribution in [3.8, 4) is 0 Å². The molecule has 21 heavy (non-hydrogen) atoms. The highest BCUT2D eigenvalue weighted by Crippen LogP contribution is 2.24. The molecule has 5 nitrogen and oxygen atoms in total. The van der Waals surface area contributed by atoms with Gasteiger partial charge in [0.2, 0.25) is 5.91 Å². The van der Waals surface area contributed by atoms with Gasteiger partial charge in [0, 0.05) is 33.1 Å². The van der Waals surface area contributed by atoms with Crippen LogP contribution < -0.4 is 0 Å². The first-order valence-electron chi connectivity index (χ1n) is 7.38. The van der Waals surface area contributed by atoms with E-state index in [9.17, 15) is 4.79 Å². The molecule has 1 aromatic heterocycles. The molecule has 2 saturated heterocycles. The van der Waals surface area contributed by atoms with Crippen molar-refractivity contribution in [2.45, 2.75) is 19.1 Å². The van der Waals surface area contributed by atoms with E-state index in [-0.39, 0.29) is 11.5 Å². The number of carbonyl (C=O) groups is 1. The summed E-state index contributed by atoms with van der Waals surface area (Å²) < 4.78 is 11.8. The second-order valence-electron chi connectivity index (χ2n) is 5.87. The Kier molecular flexibility index (Phi) is 4.59. The molecule has 6 heteroatoms. The first-order valence-corrected chi connectivity index (χ1v) is 8.32. The molecule has 2 aliphatic heterocycles. The van der Waals surface area contributed by atoms with Crippen LogP contribution >= 0.6 is 11.3 Å². The lowest BCUT2D eigenvalue weighted by molar-refractivity contribution is -0.151. The molecule has 2 aliphatic rings. The van der Waals surface area contributed by atoms with E-state index in [0.29, 0.717) is 32.9 Å². The lowest BCUT2D eigenvalue weighted by Gasteiger charge is -2.43. The predicted molar refractivity (Wildman–Crippen MR) is 81.4 cm³/mol. The molecule has 0 aromatic carbocycles. The van der Waals surface area contributed by atoms with Crippen molar-refractivity contribution >= 4 is 17.2 Å². The second kappa shape index (κ2) is 6.44. The summed E-state index contributed by atoms with van der Waals surface area (Å²) in [6, 6.07) is 2.16. The van der Waals surface area contributed by atoms with Gasteiger partial charge in [0.1, 0.15) is 5.60 Å². The third-order valence-electron chi connectivity index (χ3n) is 4.11. The van der Waals surface area contributed by atoms with Gasteiger partial charge in [-0.2, -0.15) is 11.3 Å². The van der Waals surface area contributed by atoms with Crippen LogP contribution in [0.15, 0.2) is 16.8 Å². The first-order chi connectivity index (χ1) is 10.2. The monoisotopic (exact) mass is 310 g/mol. The van der Waals surface area contributed by atoms with Gasteiger partial charge in [0.15, 0.2) is 0 Å². The summed E-state index contributed by atoms with van der Waals surface area (Å²) in [6.45, 7) is 7.43. The van der Waals surface area contributed by atoms with E-state index in [1.165, 1.54) is 5.56 Å². The SMILES string of the molecule is CC(=O)N1CCOCC2(CN(Cc3ccsc3)CCO2)C1. The van der Waals surface area contributed by atoms with Gasteiger partial charge in [-0.05, 0) is 22.4 Å². The van der Waals surface area contributed by atoms with Gasteiger partial charge in [-0.3, -0.25) is 9.69 Å². The highest BCUT2D eigenvalue weighted by molar-refractivity contribution is 7.07. The molecule has 3 rings (SSSR count). The third kappa shape index (κ3) is 3.63. The summed E-state index contributed by atoms with van der Waals surface area (Å²) in [5, 5.41) is 4.30. The van der Waals surface area contributed by atoms with Crippen LogP contribution in [0.4, 0.5) is 0 Å². The van der Waals surface area contributed by atoms with Gasteiger partial charge < -0.3 is 14.4 Å². The quantitative estimate of drug-likeness (QED) is 0.823. The van der Waals surface area contributed by atoms with Crippen LogP contribution in [0.3, 0.4) is 0 Å². The number of ether oxygens (including phenoxy) is 2. The fourth-order valence-corrected chi connectivity index (χ4v) is 3.72. The number of rotatable bonds is 2. The Morgan fingerprint density at radius 3 is 3.05 bits per heavy atom. The lowest BCUT2D eigenvalue weighted by atomic mass is 10.0. The predicted octanol–water partition coefficient (Wildman–Crippen LogP) is 1.20. The Balaban J connectivity index is 1.69. The van der Waals surface area contributed by atoms with Crippen LogP contribution in [0.1, 0.15) is 12.5 Å². The molecule has 0 saturated carbocycles. The van der Waals surface area contributed by atoms with E-state index in [1.54, 1.807) is 18.3 Å². The van der Waals surface area contributed by atoms with Gasteiger partial charge in [0.25, 0.3) is 0 Å². The number of nitrogens with zero attached hydrogens (tertiary/aromatic N) is 2. The van der Waals surface area contributed by atoms with Gasteiger partial charge in [-0.25, -0.2) is 0 Å². The normalized spacial score (nSPS) is 27.8. The average Bonchev–Trinajstić information content (AvgIpc) is 2.87. The molecule has 0 radical (unpaired) electrons.